The minimum Gasteiger partial charge on any atom is -0.489 e. The number of carboxylic acid groups (broad SMARTS) is 1. The number of fused-ring (bicyclic) bond motifs is 1. The van der Waals surface area contributed by atoms with E-state index >= 15 is 0 Å². The molecule has 0 unspecified atom stereocenters. The summed E-state index contributed by atoms with van der Waals surface area (Å²) >= 11 is 0. The van der Waals surface area contributed by atoms with Crippen molar-refractivity contribution in [3.63, 3.8) is 0 Å². The summed E-state index contributed by atoms with van der Waals surface area (Å²) in [5.74, 6) is -0.165. The Balaban J connectivity index is 1.74. The zero-order valence-corrected chi connectivity index (χ0v) is 17.3. The first-order valence-electron chi connectivity index (χ1n) is 10.0. The number of carboxylic acids is 1. The molecule has 1 atom stereocenters. The number of ether oxygens (including phenoxy) is 1. The fourth-order valence-electron chi connectivity index (χ4n) is 3.63. The highest BCUT2D eigenvalue weighted by atomic mass is 16.5. The maximum Gasteiger partial charge on any atom is 0.304 e. The summed E-state index contributed by atoms with van der Waals surface area (Å²) in [4.78, 5) is 11.1. The van der Waals surface area contributed by atoms with E-state index in [4.69, 9.17) is 9.84 Å². The van der Waals surface area contributed by atoms with Crippen LogP contribution in [0.1, 0.15) is 49.3 Å². The molecule has 0 aliphatic carbocycles. The lowest BCUT2D eigenvalue weighted by atomic mass is 9.95. The minimum atomic E-state index is -0.804. The van der Waals surface area contributed by atoms with Gasteiger partial charge in [0, 0.05) is 17.8 Å². The van der Waals surface area contributed by atoms with Crippen molar-refractivity contribution >= 4 is 16.9 Å². The number of allylic oxidation sites excluding steroid dienone is 2. The monoisotopic (exact) mass is 392 g/mol. The lowest BCUT2D eigenvalue weighted by Gasteiger charge is -2.13. The molecule has 3 aromatic rings. The summed E-state index contributed by atoms with van der Waals surface area (Å²) in [5, 5.41) is 14.8. The summed E-state index contributed by atoms with van der Waals surface area (Å²) in [6, 6.07) is 11.9. The molecule has 0 saturated carbocycles. The lowest BCUT2D eigenvalue weighted by molar-refractivity contribution is -0.137. The number of hydrogen-bond donors (Lipinski definition) is 1. The van der Waals surface area contributed by atoms with Crippen LogP contribution in [-0.2, 0) is 17.9 Å². The molecule has 2 aromatic carbocycles. The quantitative estimate of drug-likeness (QED) is 0.491. The second-order valence-electron chi connectivity index (χ2n) is 7.24. The van der Waals surface area contributed by atoms with Crippen LogP contribution >= 0.6 is 0 Å². The smallest absolute Gasteiger partial charge is 0.304 e. The summed E-state index contributed by atoms with van der Waals surface area (Å²) in [5.41, 5.74) is 4.47. The molecule has 1 aromatic heterocycles. The van der Waals surface area contributed by atoms with Crippen molar-refractivity contribution in [2.24, 2.45) is 0 Å². The second-order valence-corrected chi connectivity index (χ2v) is 7.24. The predicted molar refractivity (Wildman–Crippen MR) is 115 cm³/mol. The van der Waals surface area contributed by atoms with Gasteiger partial charge in [-0.1, -0.05) is 43.3 Å². The van der Waals surface area contributed by atoms with Gasteiger partial charge in [0.2, 0.25) is 0 Å². The van der Waals surface area contributed by atoms with Gasteiger partial charge < -0.3 is 9.84 Å². The van der Waals surface area contributed by atoms with Gasteiger partial charge in [0.1, 0.15) is 12.4 Å². The van der Waals surface area contributed by atoms with Crippen LogP contribution in [0.15, 0.2) is 54.7 Å². The Bertz CT molecular complexity index is 1000. The first-order chi connectivity index (χ1) is 14.0. The topological polar surface area (TPSA) is 64.3 Å². The zero-order valence-electron chi connectivity index (χ0n) is 17.3. The van der Waals surface area contributed by atoms with E-state index in [-0.39, 0.29) is 12.3 Å². The molecule has 0 aliphatic rings. The largest absolute Gasteiger partial charge is 0.489 e. The molecule has 152 valence electrons. The Hall–Kier alpha value is -3.08. The molecule has 5 heteroatoms. The number of aromatic nitrogens is 2. The third kappa shape index (κ3) is 4.86. The van der Waals surface area contributed by atoms with Crippen LogP contribution in [0.25, 0.3) is 10.9 Å². The Kier molecular flexibility index (Phi) is 6.70. The summed E-state index contributed by atoms with van der Waals surface area (Å²) < 4.78 is 8.07. The van der Waals surface area contributed by atoms with E-state index in [2.05, 4.69) is 35.8 Å². The molecule has 1 N–H and O–H groups in total. The van der Waals surface area contributed by atoms with E-state index in [9.17, 15) is 4.79 Å². The number of aliphatic carboxylic acids is 1. The Labute approximate surface area is 171 Å². The van der Waals surface area contributed by atoms with Crippen molar-refractivity contribution in [3.8, 4) is 5.75 Å². The molecule has 29 heavy (non-hydrogen) atoms. The standard InChI is InChI=1S/C24H28N2O3/c1-4-6-19(14-23(27)28)18-9-11-22(12-10-18)29-16-21-8-7-20-15-25-26(13-5-2)24(20)17(21)3/h4,6-12,15,19H,5,13-14,16H2,1-3H3,(H,27,28)/t19-/m1/s1. The summed E-state index contributed by atoms with van der Waals surface area (Å²) in [6.07, 6.45) is 6.84. The van der Waals surface area contributed by atoms with Crippen LogP contribution in [0.4, 0.5) is 0 Å². The molecule has 0 radical (unpaired) electrons. The number of aryl methyl sites for hydroxylation is 2. The molecule has 0 aliphatic heterocycles. The van der Waals surface area contributed by atoms with Crippen LogP contribution < -0.4 is 4.74 Å². The fourth-order valence-corrected chi connectivity index (χ4v) is 3.63. The number of nitrogens with zero attached hydrogens (tertiary/aromatic N) is 2. The number of carbonyl (C=O) groups is 1. The van der Waals surface area contributed by atoms with Crippen LogP contribution in [0.5, 0.6) is 5.75 Å². The average Bonchev–Trinajstić information content (AvgIpc) is 3.11. The molecule has 0 amide bonds. The highest BCUT2D eigenvalue weighted by molar-refractivity contribution is 5.83. The molecule has 5 nitrogen and oxygen atoms in total. The maximum atomic E-state index is 11.1. The van der Waals surface area contributed by atoms with Gasteiger partial charge in [0.25, 0.3) is 0 Å². The van der Waals surface area contributed by atoms with Crippen molar-refractivity contribution in [2.75, 3.05) is 0 Å². The fraction of sp³-hybridized carbons (Fsp3) is 0.333. The highest BCUT2D eigenvalue weighted by Crippen LogP contribution is 2.26. The molecule has 0 saturated heterocycles. The highest BCUT2D eigenvalue weighted by Gasteiger charge is 2.13. The van der Waals surface area contributed by atoms with Gasteiger partial charge in [0.05, 0.1) is 18.1 Å². The number of hydrogen-bond acceptors (Lipinski definition) is 3. The lowest BCUT2D eigenvalue weighted by Crippen LogP contribution is -2.05. The van der Waals surface area contributed by atoms with E-state index in [1.165, 1.54) is 11.1 Å². The van der Waals surface area contributed by atoms with E-state index in [1.807, 2.05) is 49.5 Å². The van der Waals surface area contributed by atoms with Crippen LogP contribution in [0.2, 0.25) is 0 Å². The van der Waals surface area contributed by atoms with Crippen molar-refractivity contribution in [2.45, 2.75) is 52.7 Å². The first kappa shape index (κ1) is 20.6. The Morgan fingerprint density at radius 3 is 2.66 bits per heavy atom. The van der Waals surface area contributed by atoms with E-state index < -0.39 is 5.97 Å². The normalized spacial score (nSPS) is 12.5. The van der Waals surface area contributed by atoms with Gasteiger partial charge in [-0.2, -0.15) is 5.10 Å². The number of rotatable bonds is 9. The van der Waals surface area contributed by atoms with E-state index in [0.717, 1.165) is 35.2 Å². The van der Waals surface area contributed by atoms with Crippen LogP contribution in [-0.4, -0.2) is 20.9 Å². The first-order valence-corrected chi connectivity index (χ1v) is 10.0. The predicted octanol–water partition coefficient (Wildman–Crippen LogP) is 5.47. The van der Waals surface area contributed by atoms with Crippen molar-refractivity contribution in [1.29, 1.82) is 0 Å². The summed E-state index contributed by atoms with van der Waals surface area (Å²) in [6.45, 7) is 7.55. The van der Waals surface area contributed by atoms with Crippen molar-refractivity contribution in [1.82, 2.24) is 9.78 Å². The molecule has 3 rings (SSSR count). The van der Waals surface area contributed by atoms with Gasteiger partial charge in [-0.3, -0.25) is 9.48 Å². The van der Waals surface area contributed by atoms with Gasteiger partial charge in [-0.25, -0.2) is 0 Å². The maximum absolute atomic E-state index is 11.1. The second kappa shape index (κ2) is 9.41. The summed E-state index contributed by atoms with van der Waals surface area (Å²) in [7, 11) is 0. The van der Waals surface area contributed by atoms with Gasteiger partial charge in [0.15, 0.2) is 0 Å². The Morgan fingerprint density at radius 2 is 2.00 bits per heavy atom. The zero-order chi connectivity index (χ0) is 20.8. The Morgan fingerprint density at radius 1 is 1.24 bits per heavy atom. The van der Waals surface area contributed by atoms with E-state index in [1.54, 1.807) is 0 Å². The molecule has 0 fully saturated rings. The SMILES string of the molecule is CC=C[C@H](CC(=O)O)c1ccc(OCc2ccc3cnn(CCC)c3c2C)cc1. The third-order valence-corrected chi connectivity index (χ3v) is 5.13. The molecule has 0 bridgehead atoms. The molecule has 1 heterocycles. The van der Waals surface area contributed by atoms with Gasteiger partial charge in [-0.15, -0.1) is 0 Å². The molecule has 0 spiro atoms. The van der Waals surface area contributed by atoms with Crippen molar-refractivity contribution < 1.29 is 14.6 Å². The minimum absolute atomic E-state index is 0.0786. The van der Waals surface area contributed by atoms with Gasteiger partial charge in [-0.05, 0) is 49.1 Å². The van der Waals surface area contributed by atoms with Gasteiger partial charge >= 0.3 is 5.97 Å². The molecular weight excluding hydrogens is 364 g/mol. The average molecular weight is 392 g/mol. The van der Waals surface area contributed by atoms with Crippen LogP contribution in [0.3, 0.4) is 0 Å². The molecular formula is C24H28N2O3. The van der Waals surface area contributed by atoms with E-state index in [0.29, 0.717) is 6.61 Å². The number of benzene rings is 2. The third-order valence-electron chi connectivity index (χ3n) is 5.13. The van der Waals surface area contributed by atoms with Crippen molar-refractivity contribution in [3.05, 3.63) is 71.4 Å². The van der Waals surface area contributed by atoms with Crippen LogP contribution in [0, 0.1) is 6.92 Å².